The van der Waals surface area contributed by atoms with Crippen LogP contribution < -0.4 is 4.74 Å². The summed E-state index contributed by atoms with van der Waals surface area (Å²) in [5.74, 6) is 0.406. The molecule has 0 bridgehead atoms. The zero-order valence-electron chi connectivity index (χ0n) is 12.3. The minimum atomic E-state index is -0.474. The molecule has 0 atom stereocenters. The molecule has 1 aromatic carbocycles. The third-order valence-corrected chi connectivity index (χ3v) is 3.35. The predicted octanol–water partition coefficient (Wildman–Crippen LogP) is 2.36. The smallest absolute Gasteiger partial charge is 0.361 e. The number of carbonyl (C=O) groups excluding carboxylic acids is 1. The summed E-state index contributed by atoms with van der Waals surface area (Å²) < 4.78 is 10.8. The molecule has 0 unspecified atom stereocenters. The molecule has 0 saturated carbocycles. The Hall–Kier alpha value is -2.37. The van der Waals surface area contributed by atoms with Crippen molar-refractivity contribution in [3.8, 4) is 17.0 Å². The summed E-state index contributed by atoms with van der Waals surface area (Å²) in [4.78, 5) is 11.9. The Morgan fingerprint density at radius 1 is 1.43 bits per heavy atom. The Morgan fingerprint density at radius 3 is 3.00 bits per heavy atom. The number of hydrogen-bond donors (Lipinski definition) is 1. The molecule has 1 aromatic heterocycles. The molecule has 0 saturated heterocycles. The van der Waals surface area contributed by atoms with Crippen molar-refractivity contribution in [3.05, 3.63) is 29.5 Å². The Balaban J connectivity index is 1.97. The molecule has 0 amide bonds. The lowest BCUT2D eigenvalue weighted by molar-refractivity contribution is 0.0520. The highest BCUT2D eigenvalue weighted by molar-refractivity contribution is 5.94. The van der Waals surface area contributed by atoms with Crippen LogP contribution in [0.15, 0.2) is 18.2 Å². The summed E-state index contributed by atoms with van der Waals surface area (Å²) in [7, 11) is 0. The van der Waals surface area contributed by atoms with Crippen LogP contribution in [0.2, 0.25) is 0 Å². The number of rotatable bonds is 3. The van der Waals surface area contributed by atoms with Gasteiger partial charge in [-0.05, 0) is 44.5 Å². The Bertz CT molecular complexity index is 691. The molecule has 6 heteroatoms. The van der Waals surface area contributed by atoms with Gasteiger partial charge in [0.15, 0.2) is 5.69 Å². The molecule has 3 rings (SSSR count). The molecular formula is C15H17N3O3. The second-order valence-electron chi connectivity index (χ2n) is 5.60. The molecule has 0 fully saturated rings. The normalized spacial score (nSPS) is 15.4. The van der Waals surface area contributed by atoms with Gasteiger partial charge in [-0.25, -0.2) is 4.79 Å². The number of carbonyl (C=O) groups is 1. The van der Waals surface area contributed by atoms with Gasteiger partial charge in [0.25, 0.3) is 0 Å². The van der Waals surface area contributed by atoms with Crippen LogP contribution in [0.5, 0.6) is 5.75 Å². The standard InChI is InChI=1S/C15H17N3O3/c1-4-20-14(19)13-12(16-18-17-13)9-5-6-11-10(7-9)8-15(2,3)21-11/h5-7H,4,8H2,1-3H3,(H,16,17,18). The number of nitrogens with zero attached hydrogens (tertiary/aromatic N) is 2. The molecule has 2 heterocycles. The van der Waals surface area contributed by atoms with E-state index in [1.807, 2.05) is 32.0 Å². The molecule has 21 heavy (non-hydrogen) atoms. The first-order valence-electron chi connectivity index (χ1n) is 6.90. The Kier molecular flexibility index (Phi) is 3.16. The average molecular weight is 287 g/mol. The van der Waals surface area contributed by atoms with Gasteiger partial charge in [-0.1, -0.05) is 0 Å². The van der Waals surface area contributed by atoms with E-state index in [2.05, 4.69) is 15.4 Å². The quantitative estimate of drug-likeness (QED) is 0.877. The van der Waals surface area contributed by atoms with E-state index in [1.165, 1.54) is 0 Å². The second-order valence-corrected chi connectivity index (χ2v) is 5.60. The Morgan fingerprint density at radius 2 is 2.24 bits per heavy atom. The third kappa shape index (κ3) is 2.49. The maximum Gasteiger partial charge on any atom is 0.361 e. The average Bonchev–Trinajstić information content (AvgIpc) is 3.00. The summed E-state index contributed by atoms with van der Waals surface area (Å²) in [6.07, 6.45) is 0.822. The van der Waals surface area contributed by atoms with Gasteiger partial charge in [0, 0.05) is 12.0 Å². The van der Waals surface area contributed by atoms with E-state index >= 15 is 0 Å². The lowest BCUT2D eigenvalue weighted by atomic mass is 9.99. The van der Waals surface area contributed by atoms with Crippen LogP contribution in [0, 0.1) is 0 Å². The molecule has 1 aliphatic heterocycles. The van der Waals surface area contributed by atoms with Crippen molar-refractivity contribution in [1.29, 1.82) is 0 Å². The molecule has 2 aromatic rings. The van der Waals surface area contributed by atoms with Crippen LogP contribution in [0.25, 0.3) is 11.3 Å². The summed E-state index contributed by atoms with van der Waals surface area (Å²) in [5.41, 5.74) is 2.44. The lowest BCUT2D eigenvalue weighted by Gasteiger charge is -2.16. The second kappa shape index (κ2) is 4.87. The molecule has 0 spiro atoms. The molecule has 1 N–H and O–H groups in total. The highest BCUT2D eigenvalue weighted by atomic mass is 16.5. The molecule has 6 nitrogen and oxygen atoms in total. The molecule has 1 aliphatic rings. The summed E-state index contributed by atoms with van der Waals surface area (Å²) in [5, 5.41) is 10.5. The number of hydrogen-bond acceptors (Lipinski definition) is 5. The number of H-pyrrole nitrogens is 1. The number of aromatic amines is 1. The summed E-state index contributed by atoms with van der Waals surface area (Å²) in [6, 6.07) is 5.77. The first kappa shape index (κ1) is 13.6. The van der Waals surface area contributed by atoms with Crippen molar-refractivity contribution in [2.45, 2.75) is 32.8 Å². The van der Waals surface area contributed by atoms with Gasteiger partial charge in [-0.15, -0.1) is 5.10 Å². The fourth-order valence-electron chi connectivity index (χ4n) is 2.53. The van der Waals surface area contributed by atoms with E-state index in [1.54, 1.807) is 6.92 Å². The number of ether oxygens (including phenoxy) is 2. The topological polar surface area (TPSA) is 77.1 Å². The van der Waals surface area contributed by atoms with Crippen LogP contribution in [-0.2, 0) is 11.2 Å². The van der Waals surface area contributed by atoms with Crippen LogP contribution in [-0.4, -0.2) is 33.6 Å². The van der Waals surface area contributed by atoms with Crippen LogP contribution >= 0.6 is 0 Å². The lowest BCUT2D eigenvalue weighted by Crippen LogP contribution is -2.24. The maximum absolute atomic E-state index is 11.9. The minimum Gasteiger partial charge on any atom is -0.487 e. The van der Waals surface area contributed by atoms with Crippen molar-refractivity contribution in [3.63, 3.8) is 0 Å². The van der Waals surface area contributed by atoms with Gasteiger partial charge in [-0.2, -0.15) is 10.3 Å². The molecule has 110 valence electrons. The van der Waals surface area contributed by atoms with Gasteiger partial charge in [0.05, 0.1) is 6.61 Å². The van der Waals surface area contributed by atoms with E-state index in [4.69, 9.17) is 9.47 Å². The number of fused-ring (bicyclic) bond motifs is 1. The van der Waals surface area contributed by atoms with E-state index in [-0.39, 0.29) is 11.3 Å². The Labute approximate surface area is 122 Å². The van der Waals surface area contributed by atoms with Gasteiger partial charge >= 0.3 is 5.97 Å². The van der Waals surface area contributed by atoms with Gasteiger partial charge < -0.3 is 9.47 Å². The zero-order chi connectivity index (χ0) is 15.0. The zero-order valence-corrected chi connectivity index (χ0v) is 12.3. The van der Waals surface area contributed by atoms with Crippen molar-refractivity contribution in [2.24, 2.45) is 0 Å². The number of esters is 1. The van der Waals surface area contributed by atoms with Gasteiger partial charge in [0.2, 0.25) is 0 Å². The summed E-state index contributed by atoms with van der Waals surface area (Å²) >= 11 is 0. The van der Waals surface area contributed by atoms with Crippen molar-refractivity contribution in [2.75, 3.05) is 6.61 Å². The van der Waals surface area contributed by atoms with Gasteiger partial charge in [-0.3, -0.25) is 0 Å². The van der Waals surface area contributed by atoms with E-state index in [9.17, 15) is 4.79 Å². The van der Waals surface area contributed by atoms with Gasteiger partial charge in [0.1, 0.15) is 17.0 Å². The largest absolute Gasteiger partial charge is 0.487 e. The fraction of sp³-hybridized carbons (Fsp3) is 0.400. The maximum atomic E-state index is 11.9. The first-order valence-corrected chi connectivity index (χ1v) is 6.90. The van der Waals surface area contributed by atoms with Crippen LogP contribution in [0.4, 0.5) is 0 Å². The van der Waals surface area contributed by atoms with Crippen molar-refractivity contribution < 1.29 is 14.3 Å². The first-order chi connectivity index (χ1) is 10.00. The van der Waals surface area contributed by atoms with E-state index in [0.717, 1.165) is 23.3 Å². The highest BCUT2D eigenvalue weighted by Crippen LogP contribution is 2.37. The van der Waals surface area contributed by atoms with Crippen molar-refractivity contribution >= 4 is 5.97 Å². The van der Waals surface area contributed by atoms with Crippen LogP contribution in [0.1, 0.15) is 36.8 Å². The monoisotopic (exact) mass is 287 g/mol. The summed E-state index contributed by atoms with van der Waals surface area (Å²) in [6.45, 7) is 6.16. The molecule has 0 aliphatic carbocycles. The fourth-order valence-corrected chi connectivity index (χ4v) is 2.53. The van der Waals surface area contributed by atoms with E-state index < -0.39 is 5.97 Å². The third-order valence-electron chi connectivity index (χ3n) is 3.35. The number of nitrogens with one attached hydrogen (secondary N) is 1. The minimum absolute atomic E-state index is 0.200. The van der Waals surface area contributed by atoms with Crippen LogP contribution in [0.3, 0.4) is 0 Å². The molecule has 0 radical (unpaired) electrons. The SMILES string of the molecule is CCOC(=O)c1n[nH]nc1-c1ccc2c(c1)CC(C)(C)O2. The number of aromatic nitrogens is 3. The predicted molar refractivity (Wildman–Crippen MR) is 76.2 cm³/mol. The highest BCUT2D eigenvalue weighted by Gasteiger charge is 2.30. The number of benzene rings is 1. The van der Waals surface area contributed by atoms with E-state index in [0.29, 0.717) is 12.3 Å². The molecular weight excluding hydrogens is 270 g/mol. The van der Waals surface area contributed by atoms with Crippen molar-refractivity contribution in [1.82, 2.24) is 15.4 Å².